The van der Waals surface area contributed by atoms with Crippen molar-refractivity contribution in [3.05, 3.63) is 19.1 Å². The summed E-state index contributed by atoms with van der Waals surface area (Å²) in [6, 6.07) is 0. The molecule has 0 bridgehead atoms. The molecule has 0 saturated carbocycles. The lowest BCUT2D eigenvalue weighted by Gasteiger charge is -1.76. The number of carbonyl (C=O) groups is 1. The minimum atomic E-state index is 0.617. The second kappa shape index (κ2) is 5.41. The van der Waals surface area contributed by atoms with Crippen LogP contribution >= 0.6 is 0 Å². The fourth-order valence-electron chi connectivity index (χ4n) is 0.282. The highest BCUT2D eigenvalue weighted by Crippen LogP contribution is 1.83. The second-order valence-electron chi connectivity index (χ2n) is 1.22. The first-order valence-electron chi connectivity index (χ1n) is 2.29. The Balaban J connectivity index is 2.82. The Bertz CT molecular complexity index is 64.6. The van der Waals surface area contributed by atoms with E-state index in [0.717, 1.165) is 12.7 Å². The second-order valence-corrected chi connectivity index (χ2v) is 1.22. The summed E-state index contributed by atoms with van der Waals surface area (Å²) in [5, 5.41) is 0. The molecule has 0 heterocycles. The Morgan fingerprint density at radius 3 is 2.57 bits per heavy atom. The van der Waals surface area contributed by atoms with E-state index in [2.05, 4.69) is 6.92 Å². The Hall–Kier alpha value is -0.590. The van der Waals surface area contributed by atoms with Crippen LogP contribution < -0.4 is 0 Å². The highest BCUT2D eigenvalue weighted by molar-refractivity contribution is 5.49. The molecule has 7 heavy (non-hydrogen) atoms. The molecule has 0 aromatic heterocycles. The molecule has 1 radical (unpaired) electrons. The molecule has 0 rings (SSSR count). The summed E-state index contributed by atoms with van der Waals surface area (Å²) in [4.78, 5) is 9.63. The van der Waals surface area contributed by atoms with Gasteiger partial charge in [0.25, 0.3) is 0 Å². The maximum atomic E-state index is 9.63. The van der Waals surface area contributed by atoms with E-state index in [0.29, 0.717) is 6.42 Å². The number of hydrogen-bond acceptors (Lipinski definition) is 1. The summed E-state index contributed by atoms with van der Waals surface area (Å²) >= 11 is 0. The van der Waals surface area contributed by atoms with Crippen molar-refractivity contribution < 1.29 is 4.79 Å². The van der Waals surface area contributed by atoms with Crippen molar-refractivity contribution in [1.29, 1.82) is 0 Å². The maximum Gasteiger partial charge on any atom is 0.120 e. The summed E-state index contributed by atoms with van der Waals surface area (Å²) in [7, 11) is 0. The number of allylic oxidation sites excluding steroid dienone is 2. The minimum Gasteiger partial charge on any atom is -0.303 e. The van der Waals surface area contributed by atoms with E-state index >= 15 is 0 Å². The molecule has 0 aromatic rings. The van der Waals surface area contributed by atoms with Crippen LogP contribution in [0.4, 0.5) is 0 Å². The van der Waals surface area contributed by atoms with E-state index in [9.17, 15) is 4.79 Å². The third-order valence-electron chi connectivity index (χ3n) is 0.618. The third-order valence-corrected chi connectivity index (χ3v) is 0.618. The summed E-state index contributed by atoms with van der Waals surface area (Å²) in [6.45, 7) is 3.46. The van der Waals surface area contributed by atoms with Gasteiger partial charge in [0, 0.05) is 6.42 Å². The van der Waals surface area contributed by atoms with Gasteiger partial charge in [0.15, 0.2) is 0 Å². The lowest BCUT2D eigenvalue weighted by Crippen LogP contribution is -1.68. The number of aldehydes is 1. The van der Waals surface area contributed by atoms with Crippen molar-refractivity contribution in [2.75, 3.05) is 0 Å². The van der Waals surface area contributed by atoms with Crippen LogP contribution in [-0.4, -0.2) is 6.29 Å². The summed E-state index contributed by atoms with van der Waals surface area (Å²) in [5.74, 6) is 0. The van der Waals surface area contributed by atoms with Crippen LogP contribution in [0.3, 0.4) is 0 Å². The molecule has 0 aliphatic carbocycles. The van der Waals surface area contributed by atoms with Crippen LogP contribution in [0, 0.1) is 6.92 Å². The maximum absolute atomic E-state index is 9.63. The number of rotatable bonds is 3. The Labute approximate surface area is 44.0 Å². The van der Waals surface area contributed by atoms with E-state index in [1.54, 1.807) is 6.08 Å². The molecule has 0 amide bonds. The molecular formula is C6H9O. The van der Waals surface area contributed by atoms with Crippen LogP contribution in [0.2, 0.25) is 0 Å². The SMILES string of the molecule is [CH2]C=CCCC=O. The standard InChI is InChI=1S/C6H9O/c1-2-3-4-5-6-7/h2-3,6H,1,4-5H2. The van der Waals surface area contributed by atoms with Gasteiger partial charge >= 0.3 is 0 Å². The van der Waals surface area contributed by atoms with Crippen LogP contribution in [0.25, 0.3) is 0 Å². The van der Waals surface area contributed by atoms with Crippen molar-refractivity contribution in [2.45, 2.75) is 12.8 Å². The van der Waals surface area contributed by atoms with Crippen molar-refractivity contribution in [2.24, 2.45) is 0 Å². The van der Waals surface area contributed by atoms with Crippen molar-refractivity contribution >= 4 is 6.29 Å². The highest BCUT2D eigenvalue weighted by Gasteiger charge is 1.72. The van der Waals surface area contributed by atoms with E-state index in [1.165, 1.54) is 0 Å². The van der Waals surface area contributed by atoms with Crippen molar-refractivity contribution in [3.8, 4) is 0 Å². The molecule has 1 heteroatoms. The van der Waals surface area contributed by atoms with Gasteiger partial charge in [-0.25, -0.2) is 0 Å². The van der Waals surface area contributed by atoms with Crippen molar-refractivity contribution in [3.63, 3.8) is 0 Å². The topological polar surface area (TPSA) is 17.1 Å². The highest BCUT2D eigenvalue weighted by atomic mass is 16.1. The third kappa shape index (κ3) is 5.41. The van der Waals surface area contributed by atoms with Gasteiger partial charge in [-0.3, -0.25) is 0 Å². The first kappa shape index (κ1) is 6.41. The molecule has 0 spiro atoms. The smallest absolute Gasteiger partial charge is 0.120 e. The molecule has 0 aromatic carbocycles. The molecule has 0 unspecified atom stereocenters. The fraction of sp³-hybridized carbons (Fsp3) is 0.333. The first-order valence-corrected chi connectivity index (χ1v) is 2.29. The number of hydrogen-bond donors (Lipinski definition) is 0. The molecule has 1 nitrogen and oxygen atoms in total. The van der Waals surface area contributed by atoms with Crippen molar-refractivity contribution in [1.82, 2.24) is 0 Å². The van der Waals surface area contributed by atoms with E-state index in [4.69, 9.17) is 0 Å². The number of carbonyl (C=O) groups excluding carboxylic acids is 1. The molecule has 0 aliphatic heterocycles. The quantitative estimate of drug-likeness (QED) is 0.384. The van der Waals surface area contributed by atoms with Crippen LogP contribution in [-0.2, 0) is 4.79 Å². The van der Waals surface area contributed by atoms with E-state index < -0.39 is 0 Å². The summed E-state index contributed by atoms with van der Waals surface area (Å²) in [6.07, 6.45) is 5.91. The van der Waals surface area contributed by atoms with Gasteiger partial charge in [0.05, 0.1) is 0 Å². The predicted molar refractivity (Wildman–Crippen MR) is 29.8 cm³/mol. The zero-order valence-corrected chi connectivity index (χ0v) is 4.26. The molecule has 0 atom stereocenters. The predicted octanol–water partition coefficient (Wildman–Crippen LogP) is 1.36. The van der Waals surface area contributed by atoms with Gasteiger partial charge in [-0.1, -0.05) is 12.2 Å². The van der Waals surface area contributed by atoms with Crippen LogP contribution in [0.5, 0.6) is 0 Å². The molecule has 0 aliphatic rings. The van der Waals surface area contributed by atoms with Gasteiger partial charge in [-0.2, -0.15) is 0 Å². The zero-order valence-electron chi connectivity index (χ0n) is 4.26. The van der Waals surface area contributed by atoms with Gasteiger partial charge in [0.1, 0.15) is 6.29 Å². The fourth-order valence-corrected chi connectivity index (χ4v) is 0.282. The molecule has 0 fully saturated rings. The molecular weight excluding hydrogens is 88.1 g/mol. The Morgan fingerprint density at radius 1 is 1.43 bits per heavy atom. The average Bonchev–Trinajstić information content (AvgIpc) is 1.69. The van der Waals surface area contributed by atoms with E-state index in [1.807, 2.05) is 6.08 Å². The molecule has 0 N–H and O–H groups in total. The van der Waals surface area contributed by atoms with Crippen LogP contribution in [0.15, 0.2) is 12.2 Å². The van der Waals surface area contributed by atoms with Gasteiger partial charge < -0.3 is 4.79 Å². The normalized spacial score (nSPS) is 9.86. The molecule has 0 saturated heterocycles. The summed E-state index contributed by atoms with van der Waals surface area (Å²) in [5.41, 5.74) is 0. The van der Waals surface area contributed by atoms with E-state index in [-0.39, 0.29) is 0 Å². The lowest BCUT2D eigenvalue weighted by molar-refractivity contribution is -0.107. The van der Waals surface area contributed by atoms with Gasteiger partial charge in [-0.05, 0) is 13.3 Å². The average molecular weight is 97.1 g/mol. The monoisotopic (exact) mass is 97.1 g/mol. The first-order chi connectivity index (χ1) is 3.41. The Morgan fingerprint density at radius 2 is 2.14 bits per heavy atom. The van der Waals surface area contributed by atoms with Gasteiger partial charge in [0.2, 0.25) is 0 Å². The Kier molecular flexibility index (Phi) is 4.95. The van der Waals surface area contributed by atoms with Gasteiger partial charge in [-0.15, -0.1) is 0 Å². The zero-order chi connectivity index (χ0) is 5.54. The lowest BCUT2D eigenvalue weighted by atomic mass is 10.3. The number of unbranched alkanes of at least 4 members (excludes halogenated alkanes) is 1. The minimum absolute atomic E-state index is 0.617. The summed E-state index contributed by atoms with van der Waals surface area (Å²) < 4.78 is 0. The van der Waals surface area contributed by atoms with Crippen LogP contribution in [0.1, 0.15) is 12.8 Å². The molecule has 39 valence electrons. The largest absolute Gasteiger partial charge is 0.303 e.